The number of benzene rings is 2. The van der Waals surface area contributed by atoms with Crippen LogP contribution in [0.2, 0.25) is 0 Å². The van der Waals surface area contributed by atoms with Crippen LogP contribution in [0.15, 0.2) is 59.2 Å². The van der Waals surface area contributed by atoms with Crippen LogP contribution in [-0.4, -0.2) is 39.5 Å². The summed E-state index contributed by atoms with van der Waals surface area (Å²) >= 11 is 3.39. The SMILES string of the molecule is OCC(O)COc1ccc(Nc2ncc(Br)c(Nc3ccc(F)cc3)n2)cc1. The van der Waals surface area contributed by atoms with Crippen molar-refractivity contribution in [3.05, 3.63) is 65.0 Å². The Labute approximate surface area is 169 Å². The second-order valence-electron chi connectivity index (χ2n) is 5.82. The van der Waals surface area contributed by atoms with Gasteiger partial charge in [0.15, 0.2) is 0 Å². The highest BCUT2D eigenvalue weighted by Gasteiger charge is 2.07. The Morgan fingerprint density at radius 2 is 1.68 bits per heavy atom. The molecule has 1 heterocycles. The standard InChI is InChI=1S/C19H18BrFN4O3/c20-17-9-22-19(25-18(17)23-13-3-1-12(21)2-4-13)24-14-5-7-16(8-6-14)28-11-15(27)10-26/h1-9,15,26-27H,10-11H2,(H2,22,23,24,25). The van der Waals surface area contributed by atoms with Gasteiger partial charge in [0.05, 0.1) is 11.1 Å². The van der Waals surface area contributed by atoms with E-state index in [4.69, 9.17) is 9.84 Å². The lowest BCUT2D eigenvalue weighted by Gasteiger charge is -2.12. The molecule has 146 valence electrons. The first-order valence-electron chi connectivity index (χ1n) is 8.37. The van der Waals surface area contributed by atoms with Crippen LogP contribution in [0, 0.1) is 5.82 Å². The van der Waals surface area contributed by atoms with Crippen molar-refractivity contribution in [2.75, 3.05) is 23.8 Å². The highest BCUT2D eigenvalue weighted by Crippen LogP contribution is 2.26. The van der Waals surface area contributed by atoms with Crippen molar-refractivity contribution in [1.82, 2.24) is 9.97 Å². The van der Waals surface area contributed by atoms with E-state index in [9.17, 15) is 9.50 Å². The van der Waals surface area contributed by atoms with E-state index in [1.807, 2.05) is 0 Å². The van der Waals surface area contributed by atoms with Gasteiger partial charge < -0.3 is 25.6 Å². The number of nitrogens with zero attached hydrogens (tertiary/aromatic N) is 2. The number of aliphatic hydroxyl groups excluding tert-OH is 2. The molecule has 0 aliphatic carbocycles. The fourth-order valence-corrected chi connectivity index (χ4v) is 2.48. The first-order chi connectivity index (χ1) is 13.5. The summed E-state index contributed by atoms with van der Waals surface area (Å²) in [6.45, 7) is -0.341. The molecule has 0 saturated heterocycles. The Bertz CT molecular complexity index is 910. The lowest BCUT2D eigenvalue weighted by atomic mass is 10.3. The number of hydrogen-bond donors (Lipinski definition) is 4. The second-order valence-corrected chi connectivity index (χ2v) is 6.67. The third-order valence-corrected chi connectivity index (χ3v) is 4.19. The first-order valence-corrected chi connectivity index (χ1v) is 9.17. The summed E-state index contributed by atoms with van der Waals surface area (Å²) in [5.74, 6) is 1.15. The van der Waals surface area contributed by atoms with E-state index in [0.29, 0.717) is 27.7 Å². The van der Waals surface area contributed by atoms with Gasteiger partial charge >= 0.3 is 0 Å². The van der Waals surface area contributed by atoms with E-state index in [-0.39, 0.29) is 19.0 Å². The second kappa shape index (κ2) is 9.45. The van der Waals surface area contributed by atoms with Gasteiger partial charge in [0.25, 0.3) is 0 Å². The van der Waals surface area contributed by atoms with Crippen LogP contribution in [0.5, 0.6) is 5.75 Å². The van der Waals surface area contributed by atoms with E-state index in [0.717, 1.165) is 5.69 Å². The molecular formula is C19H18BrFN4O3. The predicted molar refractivity (Wildman–Crippen MR) is 108 cm³/mol. The Morgan fingerprint density at radius 1 is 1.04 bits per heavy atom. The molecule has 1 unspecified atom stereocenters. The van der Waals surface area contributed by atoms with Crippen molar-refractivity contribution < 1.29 is 19.3 Å². The zero-order chi connectivity index (χ0) is 19.9. The largest absolute Gasteiger partial charge is 0.491 e. The molecule has 7 nitrogen and oxygen atoms in total. The molecule has 0 aliphatic heterocycles. The zero-order valence-corrected chi connectivity index (χ0v) is 16.2. The van der Waals surface area contributed by atoms with Crippen LogP contribution >= 0.6 is 15.9 Å². The number of nitrogens with one attached hydrogen (secondary N) is 2. The fraction of sp³-hybridized carbons (Fsp3) is 0.158. The van der Waals surface area contributed by atoms with Crippen LogP contribution in [0.25, 0.3) is 0 Å². The summed E-state index contributed by atoms with van der Waals surface area (Å²) in [5.41, 5.74) is 1.43. The maximum Gasteiger partial charge on any atom is 0.229 e. The quantitative estimate of drug-likeness (QED) is 0.417. The van der Waals surface area contributed by atoms with E-state index in [1.165, 1.54) is 12.1 Å². The van der Waals surface area contributed by atoms with Crippen molar-refractivity contribution in [3.8, 4) is 5.75 Å². The fourth-order valence-electron chi connectivity index (χ4n) is 2.19. The van der Waals surface area contributed by atoms with Crippen molar-refractivity contribution >= 4 is 39.1 Å². The van der Waals surface area contributed by atoms with Crippen LogP contribution in [-0.2, 0) is 0 Å². The number of aromatic nitrogens is 2. The third-order valence-electron chi connectivity index (χ3n) is 3.61. The summed E-state index contributed by atoms with van der Waals surface area (Å²) in [5, 5.41) is 24.3. The topological polar surface area (TPSA) is 99.5 Å². The smallest absolute Gasteiger partial charge is 0.229 e. The van der Waals surface area contributed by atoms with Crippen molar-refractivity contribution in [2.24, 2.45) is 0 Å². The molecular weight excluding hydrogens is 431 g/mol. The number of hydrogen-bond acceptors (Lipinski definition) is 7. The highest BCUT2D eigenvalue weighted by molar-refractivity contribution is 9.10. The molecule has 0 amide bonds. The molecule has 3 rings (SSSR count). The van der Waals surface area contributed by atoms with Gasteiger partial charge in [0, 0.05) is 17.6 Å². The van der Waals surface area contributed by atoms with Gasteiger partial charge in [-0.05, 0) is 64.5 Å². The van der Waals surface area contributed by atoms with Crippen LogP contribution in [0.3, 0.4) is 0 Å². The van der Waals surface area contributed by atoms with E-state index in [2.05, 4.69) is 36.5 Å². The van der Waals surface area contributed by atoms with Crippen molar-refractivity contribution in [3.63, 3.8) is 0 Å². The van der Waals surface area contributed by atoms with Gasteiger partial charge in [-0.2, -0.15) is 4.98 Å². The van der Waals surface area contributed by atoms with E-state index >= 15 is 0 Å². The van der Waals surface area contributed by atoms with Gasteiger partial charge in [0.1, 0.15) is 30.1 Å². The molecule has 1 aromatic heterocycles. The molecule has 28 heavy (non-hydrogen) atoms. The predicted octanol–water partition coefficient (Wildman–Crippen LogP) is 3.60. The summed E-state index contributed by atoms with van der Waals surface area (Å²) in [7, 11) is 0. The van der Waals surface area contributed by atoms with Crippen LogP contribution < -0.4 is 15.4 Å². The Hall–Kier alpha value is -2.75. The minimum Gasteiger partial charge on any atom is -0.491 e. The van der Waals surface area contributed by atoms with Gasteiger partial charge in [0.2, 0.25) is 5.95 Å². The maximum atomic E-state index is 13.0. The Balaban J connectivity index is 1.66. The summed E-state index contributed by atoms with van der Waals surface area (Å²) in [6, 6.07) is 13.0. The average molecular weight is 449 g/mol. The molecule has 2 aromatic carbocycles. The maximum absolute atomic E-state index is 13.0. The summed E-state index contributed by atoms with van der Waals surface area (Å²) in [4.78, 5) is 8.63. The van der Waals surface area contributed by atoms with Crippen molar-refractivity contribution in [1.29, 1.82) is 0 Å². The molecule has 0 fully saturated rings. The molecule has 3 aromatic rings. The molecule has 0 spiro atoms. The normalized spacial score (nSPS) is 11.7. The van der Waals surface area contributed by atoms with Gasteiger partial charge in [-0.25, -0.2) is 9.37 Å². The average Bonchev–Trinajstić information content (AvgIpc) is 2.71. The minimum absolute atomic E-state index is 0.0114. The monoisotopic (exact) mass is 448 g/mol. The molecule has 0 bridgehead atoms. The highest BCUT2D eigenvalue weighted by atomic mass is 79.9. The number of rotatable bonds is 8. The molecule has 1 atom stereocenters. The van der Waals surface area contributed by atoms with Crippen molar-refractivity contribution in [2.45, 2.75) is 6.10 Å². The Kier molecular flexibility index (Phi) is 6.75. The molecule has 4 N–H and O–H groups in total. The van der Waals surface area contributed by atoms with E-state index < -0.39 is 6.10 Å². The number of aliphatic hydroxyl groups is 2. The molecule has 0 radical (unpaired) electrons. The van der Waals surface area contributed by atoms with Gasteiger partial charge in [-0.1, -0.05) is 0 Å². The minimum atomic E-state index is -0.916. The first kappa shape index (κ1) is 20.0. The number of halogens is 2. The van der Waals surface area contributed by atoms with E-state index in [1.54, 1.807) is 42.6 Å². The van der Waals surface area contributed by atoms with Crippen LogP contribution in [0.4, 0.5) is 27.5 Å². The zero-order valence-electron chi connectivity index (χ0n) is 14.6. The number of anilines is 4. The van der Waals surface area contributed by atoms with Gasteiger partial charge in [-0.15, -0.1) is 0 Å². The Morgan fingerprint density at radius 3 is 2.36 bits per heavy atom. The lowest BCUT2D eigenvalue weighted by Crippen LogP contribution is -2.21. The third kappa shape index (κ3) is 5.62. The molecule has 0 aliphatic rings. The molecule has 0 saturated carbocycles. The molecule has 9 heteroatoms. The number of ether oxygens (including phenoxy) is 1. The lowest BCUT2D eigenvalue weighted by molar-refractivity contribution is 0.0536. The summed E-state index contributed by atoms with van der Waals surface area (Å²) in [6.07, 6.45) is 0.690. The summed E-state index contributed by atoms with van der Waals surface area (Å²) < 4.78 is 19.1. The van der Waals surface area contributed by atoms with Gasteiger partial charge in [-0.3, -0.25) is 0 Å². The van der Waals surface area contributed by atoms with Crippen LogP contribution in [0.1, 0.15) is 0 Å².